The lowest BCUT2D eigenvalue weighted by molar-refractivity contribution is -0.111. The predicted octanol–water partition coefficient (Wildman–Crippen LogP) is 4.39. The van der Waals surface area contributed by atoms with Crippen LogP contribution in [0.5, 0.6) is 0 Å². The molecule has 0 spiro atoms. The maximum absolute atomic E-state index is 13.0. The Labute approximate surface area is 158 Å². The Morgan fingerprint density at radius 3 is 2.44 bits per heavy atom. The third kappa shape index (κ3) is 4.31. The zero-order valence-corrected chi connectivity index (χ0v) is 15.3. The fourth-order valence-corrected chi connectivity index (χ4v) is 2.89. The van der Waals surface area contributed by atoms with E-state index in [-0.39, 0.29) is 17.6 Å². The SMILES string of the molecule is CCN1C=C(C(=O)C=Cc2ccc(F)cc2)C(c2ccc(C)cc2)NC1=O. The van der Waals surface area contributed by atoms with Crippen LogP contribution in [0.15, 0.2) is 66.4 Å². The molecule has 138 valence electrons. The van der Waals surface area contributed by atoms with Crippen LogP contribution in [0, 0.1) is 12.7 Å². The molecule has 0 saturated heterocycles. The van der Waals surface area contributed by atoms with E-state index in [0.29, 0.717) is 12.1 Å². The van der Waals surface area contributed by atoms with Crippen LogP contribution < -0.4 is 5.32 Å². The van der Waals surface area contributed by atoms with Gasteiger partial charge in [0.15, 0.2) is 5.78 Å². The molecule has 3 rings (SSSR count). The van der Waals surface area contributed by atoms with Crippen LogP contribution in [0.2, 0.25) is 0 Å². The molecule has 0 aliphatic carbocycles. The van der Waals surface area contributed by atoms with Crippen LogP contribution in [0.1, 0.15) is 29.7 Å². The lowest BCUT2D eigenvalue weighted by Gasteiger charge is -2.31. The highest BCUT2D eigenvalue weighted by Gasteiger charge is 2.30. The van der Waals surface area contributed by atoms with Crippen molar-refractivity contribution >= 4 is 17.9 Å². The molecule has 2 amide bonds. The van der Waals surface area contributed by atoms with E-state index < -0.39 is 6.04 Å². The highest BCUT2D eigenvalue weighted by Crippen LogP contribution is 2.27. The molecular weight excluding hydrogens is 343 g/mol. The molecule has 1 N–H and O–H groups in total. The van der Waals surface area contributed by atoms with E-state index in [1.165, 1.54) is 23.1 Å². The van der Waals surface area contributed by atoms with E-state index in [1.807, 2.05) is 38.1 Å². The van der Waals surface area contributed by atoms with E-state index in [4.69, 9.17) is 0 Å². The summed E-state index contributed by atoms with van der Waals surface area (Å²) in [6.45, 7) is 4.29. The lowest BCUT2D eigenvalue weighted by atomic mass is 9.93. The molecule has 0 fully saturated rings. The van der Waals surface area contributed by atoms with Gasteiger partial charge in [-0.3, -0.25) is 4.79 Å². The number of carbonyl (C=O) groups excluding carboxylic acids is 2. The van der Waals surface area contributed by atoms with Gasteiger partial charge in [-0.15, -0.1) is 0 Å². The number of aryl methyl sites for hydroxylation is 1. The van der Waals surface area contributed by atoms with Crippen LogP contribution in [-0.4, -0.2) is 23.3 Å². The predicted molar refractivity (Wildman–Crippen MR) is 103 cm³/mol. The third-order valence-corrected chi connectivity index (χ3v) is 4.47. The van der Waals surface area contributed by atoms with Crippen LogP contribution >= 0.6 is 0 Å². The van der Waals surface area contributed by atoms with Crippen molar-refractivity contribution in [2.45, 2.75) is 19.9 Å². The molecule has 1 atom stereocenters. The van der Waals surface area contributed by atoms with Gasteiger partial charge in [-0.2, -0.15) is 0 Å². The number of urea groups is 1. The number of nitrogens with zero attached hydrogens (tertiary/aromatic N) is 1. The molecule has 1 unspecified atom stereocenters. The Hall–Kier alpha value is -3.21. The molecule has 1 heterocycles. The monoisotopic (exact) mass is 364 g/mol. The molecule has 1 aliphatic heterocycles. The van der Waals surface area contributed by atoms with E-state index in [9.17, 15) is 14.0 Å². The zero-order valence-electron chi connectivity index (χ0n) is 15.3. The number of amides is 2. The van der Waals surface area contributed by atoms with Gasteiger partial charge in [0.05, 0.1) is 6.04 Å². The number of halogens is 1. The summed E-state index contributed by atoms with van der Waals surface area (Å²) in [5.41, 5.74) is 3.16. The van der Waals surface area contributed by atoms with Crippen LogP contribution in [-0.2, 0) is 4.79 Å². The van der Waals surface area contributed by atoms with Crippen LogP contribution in [0.4, 0.5) is 9.18 Å². The number of nitrogens with one attached hydrogen (secondary N) is 1. The second-order valence-corrected chi connectivity index (χ2v) is 6.41. The molecular formula is C22H21FN2O2. The van der Waals surface area contributed by atoms with Gasteiger partial charge in [-0.1, -0.05) is 48.0 Å². The summed E-state index contributed by atoms with van der Waals surface area (Å²) in [7, 11) is 0. The summed E-state index contributed by atoms with van der Waals surface area (Å²) in [6, 6.07) is 12.9. The van der Waals surface area contributed by atoms with Crippen molar-refractivity contribution in [2.75, 3.05) is 6.54 Å². The standard InChI is InChI=1S/C22H21FN2O2/c1-3-25-14-19(20(26)13-8-16-6-11-18(23)12-7-16)21(24-22(25)27)17-9-4-15(2)5-10-17/h4-14,21H,3H2,1-2H3,(H,24,27). The van der Waals surface area contributed by atoms with Gasteiger partial charge in [-0.25, -0.2) is 9.18 Å². The fourth-order valence-electron chi connectivity index (χ4n) is 2.89. The number of hydrogen-bond acceptors (Lipinski definition) is 2. The first-order chi connectivity index (χ1) is 13.0. The Morgan fingerprint density at radius 1 is 1.15 bits per heavy atom. The smallest absolute Gasteiger partial charge is 0.322 e. The van der Waals surface area contributed by atoms with Crippen molar-refractivity contribution in [3.63, 3.8) is 0 Å². The molecule has 5 heteroatoms. The Morgan fingerprint density at radius 2 is 1.81 bits per heavy atom. The number of benzene rings is 2. The lowest BCUT2D eigenvalue weighted by Crippen LogP contribution is -2.44. The third-order valence-electron chi connectivity index (χ3n) is 4.47. The van der Waals surface area contributed by atoms with Crippen molar-refractivity contribution in [3.05, 3.63) is 88.9 Å². The highest BCUT2D eigenvalue weighted by molar-refractivity contribution is 6.08. The highest BCUT2D eigenvalue weighted by atomic mass is 19.1. The van der Waals surface area contributed by atoms with Crippen molar-refractivity contribution in [1.82, 2.24) is 10.2 Å². The van der Waals surface area contributed by atoms with Gasteiger partial charge in [0, 0.05) is 18.3 Å². The first-order valence-electron chi connectivity index (χ1n) is 8.81. The summed E-state index contributed by atoms with van der Waals surface area (Å²) in [4.78, 5) is 26.6. The molecule has 4 nitrogen and oxygen atoms in total. The molecule has 2 aromatic carbocycles. The van der Waals surface area contributed by atoms with E-state index >= 15 is 0 Å². The van der Waals surface area contributed by atoms with Gasteiger partial charge in [0.1, 0.15) is 5.82 Å². The second-order valence-electron chi connectivity index (χ2n) is 6.41. The first kappa shape index (κ1) is 18.6. The van der Waals surface area contributed by atoms with Crippen LogP contribution in [0.3, 0.4) is 0 Å². The Balaban J connectivity index is 1.91. The van der Waals surface area contributed by atoms with Crippen molar-refractivity contribution in [3.8, 4) is 0 Å². The summed E-state index contributed by atoms with van der Waals surface area (Å²) in [6.07, 6.45) is 4.70. The van der Waals surface area contributed by atoms with Crippen molar-refractivity contribution < 1.29 is 14.0 Å². The normalized spacial score (nSPS) is 17.0. The van der Waals surface area contributed by atoms with Crippen molar-refractivity contribution in [1.29, 1.82) is 0 Å². The van der Waals surface area contributed by atoms with Crippen LogP contribution in [0.25, 0.3) is 6.08 Å². The van der Waals surface area contributed by atoms with Gasteiger partial charge in [-0.05, 0) is 43.2 Å². The van der Waals surface area contributed by atoms with Crippen molar-refractivity contribution in [2.24, 2.45) is 0 Å². The maximum Gasteiger partial charge on any atom is 0.322 e. The van der Waals surface area contributed by atoms with Gasteiger partial charge >= 0.3 is 6.03 Å². The average Bonchev–Trinajstić information content (AvgIpc) is 2.67. The fraction of sp³-hybridized carbons (Fsp3) is 0.182. The first-order valence-corrected chi connectivity index (χ1v) is 8.81. The topological polar surface area (TPSA) is 49.4 Å². The van der Waals surface area contributed by atoms with Gasteiger partial charge in [0.2, 0.25) is 0 Å². The van der Waals surface area contributed by atoms with E-state index in [0.717, 1.165) is 16.7 Å². The molecule has 27 heavy (non-hydrogen) atoms. The maximum atomic E-state index is 13.0. The van der Waals surface area contributed by atoms with E-state index in [2.05, 4.69) is 5.32 Å². The van der Waals surface area contributed by atoms with E-state index in [1.54, 1.807) is 24.4 Å². The van der Waals surface area contributed by atoms with Gasteiger partial charge < -0.3 is 10.2 Å². The molecule has 2 aromatic rings. The Bertz CT molecular complexity index is 899. The minimum atomic E-state index is -0.508. The number of carbonyl (C=O) groups is 2. The summed E-state index contributed by atoms with van der Waals surface area (Å²) in [5, 5.41) is 2.90. The number of ketones is 1. The number of hydrogen-bond donors (Lipinski definition) is 1. The number of rotatable bonds is 5. The summed E-state index contributed by atoms with van der Waals surface area (Å²) < 4.78 is 13.0. The zero-order chi connectivity index (χ0) is 19.4. The average molecular weight is 364 g/mol. The minimum absolute atomic E-state index is 0.205. The summed E-state index contributed by atoms with van der Waals surface area (Å²) in [5.74, 6) is -0.530. The Kier molecular flexibility index (Phi) is 5.50. The quantitative estimate of drug-likeness (QED) is 0.800. The molecule has 0 aromatic heterocycles. The van der Waals surface area contributed by atoms with Gasteiger partial charge in [0.25, 0.3) is 0 Å². The largest absolute Gasteiger partial charge is 0.327 e. The second kappa shape index (κ2) is 7.99. The number of allylic oxidation sites excluding steroid dienone is 1. The molecule has 0 bridgehead atoms. The minimum Gasteiger partial charge on any atom is -0.327 e. The molecule has 1 aliphatic rings. The summed E-state index contributed by atoms with van der Waals surface area (Å²) >= 11 is 0. The molecule has 0 saturated carbocycles. The molecule has 0 radical (unpaired) electrons.